The van der Waals surface area contributed by atoms with E-state index in [9.17, 15) is 0 Å². The fraction of sp³-hybridized carbons (Fsp3) is 0. The first-order valence-electron chi connectivity index (χ1n) is 0.436. The third-order valence-electron chi connectivity index (χ3n) is 0. The van der Waals surface area contributed by atoms with Crippen LogP contribution in [0.3, 0.4) is 0 Å². The Balaban J connectivity index is -0.00000000667. The molecule has 0 saturated heterocycles. The van der Waals surface area contributed by atoms with Crippen molar-refractivity contribution in [3.05, 3.63) is 0 Å². The second-order valence-electron chi connectivity index (χ2n) is 0.0825. The Morgan fingerprint density at radius 2 is 1.00 bits per heavy atom. The first kappa shape index (κ1) is 23.5. The van der Waals surface area contributed by atoms with E-state index in [0.717, 1.165) is 0 Å². The van der Waals surface area contributed by atoms with Gasteiger partial charge >= 0.3 is 29.6 Å². The van der Waals surface area contributed by atoms with E-state index in [1.54, 1.807) is 0 Å². The van der Waals surface area contributed by atoms with Gasteiger partial charge in [-0.15, -0.1) is 0 Å². The molecule has 0 rings (SSSR count). The van der Waals surface area contributed by atoms with Crippen LogP contribution in [0.2, 0.25) is 0 Å². The molecule has 0 radical (unpaired) electrons. The van der Waals surface area contributed by atoms with Crippen molar-refractivity contribution in [3.63, 3.8) is 0 Å². The molecule has 0 unspecified atom stereocenters. The van der Waals surface area contributed by atoms with Crippen LogP contribution < -0.4 is 54.4 Å². The number of rotatable bonds is 0. The predicted molar refractivity (Wildman–Crippen MR) is 21.4 cm³/mol. The predicted octanol–water partition coefficient (Wildman–Crippen LogP) is -7.28. The Kier molecular flexibility index (Phi) is 100. The molecule has 0 aromatic carbocycles. The van der Waals surface area contributed by atoms with E-state index in [2.05, 4.69) is 0 Å². The van der Waals surface area contributed by atoms with E-state index < -0.39 is 0 Å². The molecular formula is H2Cl4NaP. The van der Waals surface area contributed by atoms with E-state index in [1.807, 2.05) is 0 Å². The molecule has 0 aliphatic heterocycles. The molecule has 0 nitrogen and oxygen atoms in total. The molecule has 0 fully saturated rings. The Bertz CT molecular complexity index is 7.51. The topological polar surface area (TPSA) is 0 Å². The van der Waals surface area contributed by atoms with E-state index in [0.29, 0.717) is 0 Å². The zero-order valence-corrected chi connectivity index (χ0v) is 9.27. The molecule has 0 saturated carbocycles. The minimum absolute atomic E-state index is 0. The van der Waals surface area contributed by atoms with E-state index in [4.69, 9.17) is 22.5 Å². The van der Waals surface area contributed by atoms with Crippen LogP contribution in [0.5, 0.6) is 0 Å². The molecule has 0 heterocycles. The minimum atomic E-state index is -0.306. The number of hydrogen-bond donors (Lipinski definition) is 0. The Labute approximate surface area is 83.2 Å². The SMILES string of the molecule is Cl[PH2+]Cl.[Cl-].[Cl-].[Na+]. The van der Waals surface area contributed by atoms with Crippen LogP contribution in [-0.4, -0.2) is 0 Å². The first-order chi connectivity index (χ1) is 1.41. The van der Waals surface area contributed by atoms with Crippen molar-refractivity contribution in [2.75, 3.05) is 0 Å². The summed E-state index contributed by atoms with van der Waals surface area (Å²) in [6.45, 7) is 0. The summed E-state index contributed by atoms with van der Waals surface area (Å²) in [5.41, 5.74) is 0. The second kappa shape index (κ2) is 25.6. The largest absolute Gasteiger partial charge is 1.00 e. The van der Waals surface area contributed by atoms with E-state index in [-0.39, 0.29) is 61.7 Å². The van der Waals surface area contributed by atoms with Crippen molar-refractivity contribution in [2.45, 2.75) is 0 Å². The molecule has 0 N–H and O–H groups in total. The van der Waals surface area contributed by atoms with Gasteiger partial charge in [-0.25, -0.2) is 0 Å². The maximum Gasteiger partial charge on any atom is 1.00 e. The molecule has 36 valence electrons. The smallest absolute Gasteiger partial charge is 1.00 e. The molecule has 6 heavy (non-hydrogen) atoms. The second-order valence-corrected chi connectivity index (χ2v) is 2.23. The Morgan fingerprint density at radius 3 is 1.00 bits per heavy atom. The van der Waals surface area contributed by atoms with Crippen LogP contribution in [-0.2, 0) is 0 Å². The van der Waals surface area contributed by atoms with Gasteiger partial charge in [0.15, 0.2) is 7.29 Å². The third-order valence-corrected chi connectivity index (χ3v) is 0. The fourth-order valence-electron chi connectivity index (χ4n) is 0. The quantitative estimate of drug-likeness (QED) is 0.268. The van der Waals surface area contributed by atoms with Crippen molar-refractivity contribution in [3.8, 4) is 0 Å². The summed E-state index contributed by atoms with van der Waals surface area (Å²) in [6.07, 6.45) is 0. The van der Waals surface area contributed by atoms with Gasteiger partial charge in [0, 0.05) is 0 Å². The molecule has 0 amide bonds. The summed E-state index contributed by atoms with van der Waals surface area (Å²) >= 11 is 9.69. The molecule has 0 bridgehead atoms. The standard InChI is InChI=1S/Cl2HP.2ClH.Na/c1-3-2;;;/h3H;2*1H;/q;;;+1/p-1. The molecular weight excluding hydrogens is 196 g/mol. The summed E-state index contributed by atoms with van der Waals surface area (Å²) in [5.74, 6) is 0. The molecule has 0 aromatic rings. The van der Waals surface area contributed by atoms with Gasteiger partial charge in [-0.2, -0.15) is 0 Å². The maximum absolute atomic E-state index is 4.85. The molecule has 0 atom stereocenters. The number of hydrogen-bond acceptors (Lipinski definition) is 0. The average molecular weight is 198 g/mol. The van der Waals surface area contributed by atoms with Gasteiger partial charge in [-0.1, -0.05) is 0 Å². The van der Waals surface area contributed by atoms with Gasteiger partial charge in [0.2, 0.25) is 0 Å². The number of halogens is 4. The fourth-order valence-corrected chi connectivity index (χ4v) is 0. The van der Waals surface area contributed by atoms with Crippen molar-refractivity contribution in [2.24, 2.45) is 0 Å². The van der Waals surface area contributed by atoms with Crippen LogP contribution in [0, 0.1) is 0 Å². The van der Waals surface area contributed by atoms with Crippen LogP contribution in [0.15, 0.2) is 0 Å². The van der Waals surface area contributed by atoms with Gasteiger partial charge in [0.1, 0.15) is 22.5 Å². The van der Waals surface area contributed by atoms with Crippen LogP contribution in [0.1, 0.15) is 0 Å². The van der Waals surface area contributed by atoms with E-state index in [1.165, 1.54) is 0 Å². The summed E-state index contributed by atoms with van der Waals surface area (Å²) in [5, 5.41) is 0. The summed E-state index contributed by atoms with van der Waals surface area (Å²) in [6, 6.07) is 0. The van der Waals surface area contributed by atoms with Gasteiger partial charge < -0.3 is 24.8 Å². The summed E-state index contributed by atoms with van der Waals surface area (Å²) in [4.78, 5) is 0. The molecule has 6 heteroatoms. The van der Waals surface area contributed by atoms with Gasteiger partial charge in [0.05, 0.1) is 0 Å². The van der Waals surface area contributed by atoms with E-state index >= 15 is 0 Å². The molecule has 0 aliphatic carbocycles. The zero-order valence-electron chi connectivity index (χ0n) is 3.09. The average Bonchev–Trinajstić information content (AvgIpc) is 0.918. The minimum Gasteiger partial charge on any atom is -1.00 e. The summed E-state index contributed by atoms with van der Waals surface area (Å²) in [7, 11) is -0.306. The van der Waals surface area contributed by atoms with Crippen LogP contribution in [0.25, 0.3) is 0 Å². The zero-order chi connectivity index (χ0) is 2.71. The monoisotopic (exact) mass is 196 g/mol. The van der Waals surface area contributed by atoms with Gasteiger partial charge in [-0.3, -0.25) is 0 Å². The normalized spacial score (nSPS) is 3.00. The van der Waals surface area contributed by atoms with Crippen LogP contribution >= 0.6 is 29.8 Å². The van der Waals surface area contributed by atoms with Crippen molar-refractivity contribution >= 4 is 29.8 Å². The van der Waals surface area contributed by atoms with Gasteiger partial charge in [-0.05, 0) is 0 Å². The van der Waals surface area contributed by atoms with Gasteiger partial charge in [0.25, 0.3) is 0 Å². The maximum atomic E-state index is 4.85. The molecule has 0 aromatic heterocycles. The third kappa shape index (κ3) is 30.7. The van der Waals surface area contributed by atoms with Crippen LogP contribution in [0.4, 0.5) is 0 Å². The van der Waals surface area contributed by atoms with Crippen molar-refractivity contribution in [1.82, 2.24) is 0 Å². The Morgan fingerprint density at radius 1 is 1.00 bits per heavy atom. The first-order valence-corrected chi connectivity index (χ1v) is 3.93. The Hall–Kier alpha value is 2.59. The molecule has 0 spiro atoms. The molecule has 0 aliphatic rings. The van der Waals surface area contributed by atoms with Crippen molar-refractivity contribution < 1.29 is 54.4 Å². The van der Waals surface area contributed by atoms with Crippen molar-refractivity contribution in [1.29, 1.82) is 0 Å². The summed E-state index contributed by atoms with van der Waals surface area (Å²) < 4.78 is 0.